The molecule has 0 saturated heterocycles. The Morgan fingerprint density at radius 1 is 0.893 bits per heavy atom. The smallest absolute Gasteiger partial charge is 0.224 e. The highest BCUT2D eigenvalue weighted by Gasteiger charge is 2.32. The van der Waals surface area contributed by atoms with Gasteiger partial charge in [-0.3, -0.25) is 0 Å². The molecule has 9 heteroatoms. The van der Waals surface area contributed by atoms with E-state index in [0.29, 0.717) is 17.4 Å². The van der Waals surface area contributed by atoms with Gasteiger partial charge in [0.2, 0.25) is 0 Å². The van der Waals surface area contributed by atoms with Crippen LogP contribution in [0.2, 0.25) is 0 Å². The third-order valence-electron chi connectivity index (χ3n) is 4.20. The number of halogens is 5. The number of rotatable bonds is 3. The Bertz CT molecular complexity index is 1140. The van der Waals surface area contributed by atoms with Crippen molar-refractivity contribution in [1.82, 2.24) is 0 Å². The van der Waals surface area contributed by atoms with Gasteiger partial charge < -0.3 is 0 Å². The molecular formula is C19H13F5O2S2. The molecule has 0 unspecified atom stereocenters. The van der Waals surface area contributed by atoms with Gasteiger partial charge in [0, 0.05) is 17.4 Å². The van der Waals surface area contributed by atoms with Crippen molar-refractivity contribution in [2.75, 3.05) is 6.26 Å². The normalized spacial score (nSPS) is 12.4. The topological polar surface area (TPSA) is 34.1 Å². The second kappa shape index (κ2) is 6.97. The SMILES string of the molecule is Cc1ccc(-c2cscc2-c2cc(F)c(S(C)(=O)=O)c(F)c2)cc1C(F)(F)F. The van der Waals surface area contributed by atoms with Crippen LogP contribution in [0.1, 0.15) is 11.1 Å². The van der Waals surface area contributed by atoms with Crippen molar-refractivity contribution in [1.29, 1.82) is 0 Å². The van der Waals surface area contributed by atoms with Crippen LogP contribution in [0.4, 0.5) is 22.0 Å². The first-order valence-electron chi connectivity index (χ1n) is 7.83. The van der Waals surface area contributed by atoms with Crippen molar-refractivity contribution in [3.05, 3.63) is 63.9 Å². The lowest BCUT2D eigenvalue weighted by atomic mass is 9.96. The van der Waals surface area contributed by atoms with Gasteiger partial charge in [0.25, 0.3) is 0 Å². The minimum atomic E-state index is -4.54. The summed E-state index contributed by atoms with van der Waals surface area (Å²) >= 11 is 1.15. The van der Waals surface area contributed by atoms with Crippen LogP contribution < -0.4 is 0 Å². The number of hydrogen-bond acceptors (Lipinski definition) is 3. The molecule has 0 N–H and O–H groups in total. The van der Waals surface area contributed by atoms with Crippen LogP contribution in [0, 0.1) is 18.6 Å². The summed E-state index contributed by atoms with van der Waals surface area (Å²) in [7, 11) is -4.11. The molecule has 28 heavy (non-hydrogen) atoms. The quantitative estimate of drug-likeness (QED) is 0.470. The highest BCUT2D eigenvalue weighted by molar-refractivity contribution is 7.90. The van der Waals surface area contributed by atoms with Crippen LogP contribution in [0.15, 0.2) is 46.0 Å². The molecule has 0 fully saturated rings. The molecule has 0 radical (unpaired) electrons. The van der Waals surface area contributed by atoms with Gasteiger partial charge in [-0.05, 0) is 52.6 Å². The van der Waals surface area contributed by atoms with Crippen LogP contribution in [0.5, 0.6) is 0 Å². The molecule has 0 atom stereocenters. The Hall–Kier alpha value is -2.26. The van der Waals surface area contributed by atoms with Crippen LogP contribution >= 0.6 is 11.3 Å². The highest BCUT2D eigenvalue weighted by Crippen LogP contribution is 2.40. The molecule has 2 aromatic carbocycles. The van der Waals surface area contributed by atoms with Crippen LogP contribution in [0.3, 0.4) is 0 Å². The van der Waals surface area contributed by atoms with E-state index in [4.69, 9.17) is 0 Å². The van der Waals surface area contributed by atoms with E-state index in [9.17, 15) is 30.4 Å². The minimum absolute atomic E-state index is 0.0350. The van der Waals surface area contributed by atoms with Crippen LogP contribution in [0.25, 0.3) is 22.3 Å². The van der Waals surface area contributed by atoms with E-state index in [-0.39, 0.29) is 16.7 Å². The van der Waals surface area contributed by atoms with Crippen molar-refractivity contribution < 1.29 is 30.4 Å². The zero-order valence-electron chi connectivity index (χ0n) is 14.6. The third kappa shape index (κ3) is 3.81. The maximum absolute atomic E-state index is 14.2. The number of benzene rings is 2. The summed E-state index contributed by atoms with van der Waals surface area (Å²) in [5.41, 5.74) is 0.200. The van der Waals surface area contributed by atoms with Gasteiger partial charge in [0.15, 0.2) is 9.84 Å². The predicted octanol–water partition coefficient (Wildman–Crippen LogP) is 6.09. The number of thiophene rings is 1. The fraction of sp³-hybridized carbons (Fsp3) is 0.158. The molecule has 0 spiro atoms. The average Bonchev–Trinajstić information content (AvgIpc) is 3.01. The van der Waals surface area contributed by atoms with Gasteiger partial charge >= 0.3 is 6.18 Å². The van der Waals surface area contributed by atoms with Crippen LogP contribution in [-0.4, -0.2) is 14.7 Å². The van der Waals surface area contributed by atoms with E-state index in [2.05, 4.69) is 0 Å². The van der Waals surface area contributed by atoms with Gasteiger partial charge in [-0.2, -0.15) is 24.5 Å². The largest absolute Gasteiger partial charge is 0.416 e. The summed E-state index contributed by atoms with van der Waals surface area (Å²) in [5.74, 6) is -2.51. The van der Waals surface area contributed by atoms with E-state index in [1.165, 1.54) is 24.4 Å². The van der Waals surface area contributed by atoms with E-state index in [0.717, 1.165) is 29.5 Å². The molecule has 3 aromatic rings. The first kappa shape index (κ1) is 20.5. The second-order valence-corrected chi connectivity index (χ2v) is 8.96. The standard InChI is InChI=1S/C19H13F5O2S2/c1-10-3-4-11(5-15(10)19(22,23)24)13-8-27-9-14(13)12-6-16(20)18(17(21)7-12)28(2,25)26/h3-9H,1-2H3. The van der Waals surface area contributed by atoms with E-state index in [1.54, 1.807) is 5.38 Å². The lowest BCUT2D eigenvalue weighted by Gasteiger charge is -2.13. The second-order valence-electron chi connectivity index (χ2n) is 6.27. The van der Waals surface area contributed by atoms with Crippen molar-refractivity contribution in [2.45, 2.75) is 18.0 Å². The minimum Gasteiger partial charge on any atom is -0.224 e. The Balaban J connectivity index is 2.17. The molecule has 0 aliphatic heterocycles. The van der Waals surface area contributed by atoms with E-state index < -0.39 is 38.1 Å². The van der Waals surface area contributed by atoms with Gasteiger partial charge in [-0.25, -0.2) is 17.2 Å². The number of hydrogen-bond donors (Lipinski definition) is 0. The lowest BCUT2D eigenvalue weighted by molar-refractivity contribution is -0.138. The Labute approximate surface area is 162 Å². The molecular weight excluding hydrogens is 419 g/mol. The summed E-state index contributed by atoms with van der Waals surface area (Å²) in [6.45, 7) is 1.34. The Morgan fingerprint density at radius 2 is 1.43 bits per heavy atom. The summed E-state index contributed by atoms with van der Waals surface area (Å²) in [6, 6.07) is 5.54. The summed E-state index contributed by atoms with van der Waals surface area (Å²) in [5, 5.41) is 3.11. The molecule has 1 heterocycles. The zero-order chi connectivity index (χ0) is 20.9. The molecule has 0 amide bonds. The van der Waals surface area contributed by atoms with E-state index in [1.807, 2.05) is 0 Å². The van der Waals surface area contributed by atoms with Gasteiger partial charge in [-0.15, -0.1) is 0 Å². The molecule has 0 saturated carbocycles. The molecule has 0 aliphatic carbocycles. The molecule has 0 bridgehead atoms. The number of sulfone groups is 1. The monoisotopic (exact) mass is 432 g/mol. The van der Waals surface area contributed by atoms with E-state index >= 15 is 0 Å². The highest BCUT2D eigenvalue weighted by atomic mass is 32.2. The molecule has 148 valence electrons. The van der Waals surface area contributed by atoms with Gasteiger partial charge in [-0.1, -0.05) is 12.1 Å². The maximum Gasteiger partial charge on any atom is 0.416 e. The molecule has 0 aliphatic rings. The van der Waals surface area contributed by atoms with Crippen LogP contribution in [-0.2, 0) is 16.0 Å². The maximum atomic E-state index is 14.2. The summed E-state index contributed by atoms with van der Waals surface area (Å²) in [4.78, 5) is -1.04. The first-order valence-corrected chi connectivity index (χ1v) is 10.7. The molecule has 2 nitrogen and oxygen atoms in total. The Morgan fingerprint density at radius 3 is 1.93 bits per heavy atom. The van der Waals surface area contributed by atoms with Crippen molar-refractivity contribution in [2.24, 2.45) is 0 Å². The first-order chi connectivity index (χ1) is 12.9. The Kier molecular flexibility index (Phi) is 5.09. The number of aryl methyl sites for hydroxylation is 1. The fourth-order valence-electron chi connectivity index (χ4n) is 2.91. The number of alkyl halides is 3. The molecule has 1 aromatic heterocycles. The van der Waals surface area contributed by atoms with Crippen molar-refractivity contribution >= 4 is 21.2 Å². The van der Waals surface area contributed by atoms with Crippen molar-refractivity contribution in [3.8, 4) is 22.3 Å². The lowest BCUT2D eigenvalue weighted by Crippen LogP contribution is -2.07. The summed E-state index contributed by atoms with van der Waals surface area (Å²) in [6.07, 6.45) is -3.85. The zero-order valence-corrected chi connectivity index (χ0v) is 16.2. The summed E-state index contributed by atoms with van der Waals surface area (Å²) < 4.78 is 91.2. The van der Waals surface area contributed by atoms with Gasteiger partial charge in [0.1, 0.15) is 16.5 Å². The van der Waals surface area contributed by atoms with Crippen molar-refractivity contribution in [3.63, 3.8) is 0 Å². The van der Waals surface area contributed by atoms with Gasteiger partial charge in [0.05, 0.1) is 5.56 Å². The third-order valence-corrected chi connectivity index (χ3v) is 6.07. The predicted molar refractivity (Wildman–Crippen MR) is 98.0 cm³/mol. The fourth-order valence-corrected chi connectivity index (χ4v) is 4.60. The molecule has 3 rings (SSSR count). The average molecular weight is 432 g/mol.